The van der Waals surface area contributed by atoms with E-state index in [4.69, 9.17) is 0 Å². The zero-order chi connectivity index (χ0) is 18.1. The van der Waals surface area contributed by atoms with Gasteiger partial charge >= 0.3 is 6.18 Å². The number of nitrogens with zero attached hydrogens (tertiary/aromatic N) is 2. The van der Waals surface area contributed by atoms with E-state index in [2.05, 4.69) is 9.80 Å². The molecule has 5 rings (SSSR count). The minimum absolute atomic E-state index is 0.602. The summed E-state index contributed by atoms with van der Waals surface area (Å²) in [6.07, 6.45) is -1.83. The highest BCUT2D eigenvalue weighted by atomic mass is 19.4. The first-order chi connectivity index (χ1) is 12.5. The largest absolute Gasteiger partial charge is 0.416 e. The molecular formula is C21H23F3N2. The second-order valence-electron chi connectivity index (χ2n) is 7.32. The Labute approximate surface area is 152 Å². The fourth-order valence-corrected chi connectivity index (χ4v) is 4.08. The van der Waals surface area contributed by atoms with Crippen LogP contribution in [0, 0.1) is 0 Å². The van der Waals surface area contributed by atoms with Gasteiger partial charge in [-0.05, 0) is 54.8 Å². The van der Waals surface area contributed by atoms with Crippen LogP contribution in [0.2, 0.25) is 0 Å². The molecule has 3 saturated heterocycles. The number of alkyl halides is 3. The fraction of sp³-hybridized carbons (Fsp3) is 0.429. The minimum atomic E-state index is -4.31. The number of fused-ring (bicyclic) bond motifs is 4. The Morgan fingerprint density at radius 2 is 1.58 bits per heavy atom. The van der Waals surface area contributed by atoms with Gasteiger partial charge in [0.15, 0.2) is 0 Å². The maximum absolute atomic E-state index is 12.9. The van der Waals surface area contributed by atoms with Crippen molar-refractivity contribution in [2.24, 2.45) is 0 Å². The average molecular weight is 360 g/mol. The SMILES string of the molecule is FC(F)(F)c1cccc(-c2ccc(CN3CCN4CCC3CC4)cc2)c1. The summed E-state index contributed by atoms with van der Waals surface area (Å²) in [5, 5.41) is 0. The Hall–Kier alpha value is -1.85. The van der Waals surface area contributed by atoms with Crippen molar-refractivity contribution in [3.8, 4) is 11.1 Å². The van der Waals surface area contributed by atoms with Gasteiger partial charge < -0.3 is 4.90 Å². The number of benzene rings is 2. The molecule has 3 aliphatic heterocycles. The van der Waals surface area contributed by atoms with Gasteiger partial charge in [0.05, 0.1) is 5.56 Å². The lowest BCUT2D eigenvalue weighted by atomic mass is 10.0. The third kappa shape index (κ3) is 3.79. The number of rotatable bonds is 3. The lowest BCUT2D eigenvalue weighted by Crippen LogP contribution is -2.37. The van der Waals surface area contributed by atoms with E-state index in [0.29, 0.717) is 11.6 Å². The second-order valence-corrected chi connectivity index (χ2v) is 7.32. The molecule has 2 aromatic carbocycles. The Bertz CT molecular complexity index is 747. The van der Waals surface area contributed by atoms with Crippen molar-refractivity contribution in [1.82, 2.24) is 9.80 Å². The quantitative estimate of drug-likeness (QED) is 0.786. The van der Waals surface area contributed by atoms with Crippen molar-refractivity contribution in [2.45, 2.75) is 31.6 Å². The maximum atomic E-state index is 12.9. The Morgan fingerprint density at radius 1 is 0.846 bits per heavy atom. The number of hydrogen-bond donors (Lipinski definition) is 0. The molecule has 2 nitrogen and oxygen atoms in total. The van der Waals surface area contributed by atoms with Crippen molar-refractivity contribution >= 4 is 0 Å². The van der Waals surface area contributed by atoms with Crippen LogP contribution < -0.4 is 0 Å². The molecule has 0 atom stereocenters. The molecule has 3 aliphatic rings. The Kier molecular flexibility index (Phi) is 4.76. The molecule has 3 fully saturated rings. The summed E-state index contributed by atoms with van der Waals surface area (Å²) in [6.45, 7) is 5.56. The van der Waals surface area contributed by atoms with Crippen LogP contribution in [0.15, 0.2) is 48.5 Å². The lowest BCUT2D eigenvalue weighted by molar-refractivity contribution is -0.137. The van der Waals surface area contributed by atoms with E-state index >= 15 is 0 Å². The van der Waals surface area contributed by atoms with Gasteiger partial charge in [-0.1, -0.05) is 36.4 Å². The predicted molar refractivity (Wildman–Crippen MR) is 96.8 cm³/mol. The summed E-state index contributed by atoms with van der Waals surface area (Å²) < 4.78 is 38.7. The first-order valence-electron chi connectivity index (χ1n) is 9.22. The smallest absolute Gasteiger partial charge is 0.302 e. The maximum Gasteiger partial charge on any atom is 0.416 e. The van der Waals surface area contributed by atoms with Crippen molar-refractivity contribution < 1.29 is 13.2 Å². The van der Waals surface area contributed by atoms with Crippen LogP contribution in [0.25, 0.3) is 11.1 Å². The molecule has 26 heavy (non-hydrogen) atoms. The van der Waals surface area contributed by atoms with Crippen LogP contribution in [0.3, 0.4) is 0 Å². The molecule has 0 amide bonds. The van der Waals surface area contributed by atoms with Crippen molar-refractivity contribution in [2.75, 3.05) is 26.2 Å². The van der Waals surface area contributed by atoms with Gasteiger partial charge in [0.25, 0.3) is 0 Å². The molecule has 2 bridgehead atoms. The highest BCUT2D eigenvalue weighted by Gasteiger charge is 2.30. The molecule has 0 saturated carbocycles. The van der Waals surface area contributed by atoms with E-state index in [0.717, 1.165) is 31.3 Å². The van der Waals surface area contributed by atoms with Gasteiger partial charge in [0.2, 0.25) is 0 Å². The third-order valence-corrected chi connectivity index (χ3v) is 5.64. The van der Waals surface area contributed by atoms with Gasteiger partial charge in [-0.3, -0.25) is 4.90 Å². The predicted octanol–water partition coefficient (Wildman–Crippen LogP) is 4.65. The van der Waals surface area contributed by atoms with Crippen molar-refractivity contribution in [3.63, 3.8) is 0 Å². The van der Waals surface area contributed by atoms with E-state index in [1.54, 1.807) is 6.07 Å². The van der Waals surface area contributed by atoms with Gasteiger partial charge in [-0.25, -0.2) is 0 Å². The summed E-state index contributed by atoms with van der Waals surface area (Å²) in [7, 11) is 0. The number of halogens is 3. The van der Waals surface area contributed by atoms with E-state index in [9.17, 15) is 13.2 Å². The van der Waals surface area contributed by atoms with Crippen molar-refractivity contribution in [1.29, 1.82) is 0 Å². The van der Waals surface area contributed by atoms with E-state index in [1.807, 2.05) is 24.3 Å². The highest BCUT2D eigenvalue weighted by molar-refractivity contribution is 5.64. The zero-order valence-electron chi connectivity index (χ0n) is 14.7. The number of hydrogen-bond acceptors (Lipinski definition) is 2. The molecule has 0 N–H and O–H groups in total. The Morgan fingerprint density at radius 3 is 2.27 bits per heavy atom. The fourth-order valence-electron chi connectivity index (χ4n) is 4.08. The molecule has 0 spiro atoms. The molecule has 3 heterocycles. The van der Waals surface area contributed by atoms with Crippen LogP contribution >= 0.6 is 0 Å². The summed E-state index contributed by atoms with van der Waals surface area (Å²) >= 11 is 0. The molecule has 0 unspecified atom stereocenters. The van der Waals surface area contributed by atoms with Crippen LogP contribution in [0.4, 0.5) is 13.2 Å². The van der Waals surface area contributed by atoms with Gasteiger partial charge in [0, 0.05) is 25.7 Å². The normalized spacial score (nSPS) is 23.8. The Balaban J connectivity index is 1.49. The minimum Gasteiger partial charge on any atom is -0.302 e. The average Bonchev–Trinajstić information content (AvgIpc) is 2.95. The van der Waals surface area contributed by atoms with Crippen LogP contribution in [-0.2, 0) is 12.7 Å². The molecule has 2 aromatic rings. The van der Waals surface area contributed by atoms with Gasteiger partial charge in [-0.15, -0.1) is 0 Å². The first-order valence-corrected chi connectivity index (χ1v) is 9.22. The molecule has 138 valence electrons. The summed E-state index contributed by atoms with van der Waals surface area (Å²) in [6, 6.07) is 14.2. The van der Waals surface area contributed by atoms with Crippen LogP contribution in [0.5, 0.6) is 0 Å². The molecule has 0 aliphatic carbocycles. The standard InChI is InChI=1S/C21H23F3N2/c22-21(23,24)19-3-1-2-18(14-19)17-6-4-16(5-7-17)15-26-13-12-25-10-8-20(26)9-11-25/h1-7,14,20H,8-13,15H2. The monoisotopic (exact) mass is 360 g/mol. The molecule has 5 heteroatoms. The third-order valence-electron chi connectivity index (χ3n) is 5.64. The zero-order valence-corrected chi connectivity index (χ0v) is 14.7. The van der Waals surface area contributed by atoms with Crippen molar-refractivity contribution in [3.05, 3.63) is 59.7 Å². The topological polar surface area (TPSA) is 6.48 Å². The molecule has 0 radical (unpaired) electrons. The van der Waals surface area contributed by atoms with E-state index in [-0.39, 0.29) is 0 Å². The van der Waals surface area contributed by atoms with E-state index < -0.39 is 11.7 Å². The van der Waals surface area contributed by atoms with Crippen LogP contribution in [-0.4, -0.2) is 42.0 Å². The second kappa shape index (κ2) is 7.05. The summed E-state index contributed by atoms with van der Waals surface area (Å²) in [5.41, 5.74) is 2.05. The summed E-state index contributed by atoms with van der Waals surface area (Å²) in [5.74, 6) is 0. The first kappa shape index (κ1) is 17.6. The molecule has 0 aromatic heterocycles. The highest BCUT2D eigenvalue weighted by Crippen LogP contribution is 2.32. The lowest BCUT2D eigenvalue weighted by Gasteiger charge is -2.31. The molecular weight excluding hydrogens is 337 g/mol. The van der Waals surface area contributed by atoms with Gasteiger partial charge in [-0.2, -0.15) is 13.2 Å². The van der Waals surface area contributed by atoms with Crippen LogP contribution in [0.1, 0.15) is 24.0 Å². The van der Waals surface area contributed by atoms with E-state index in [1.165, 1.54) is 43.6 Å². The number of piperidine rings is 1. The summed E-state index contributed by atoms with van der Waals surface area (Å²) in [4.78, 5) is 5.10. The van der Waals surface area contributed by atoms with Gasteiger partial charge in [0.1, 0.15) is 0 Å².